The van der Waals surface area contributed by atoms with Crippen LogP contribution in [0.25, 0.3) is 0 Å². The highest BCUT2D eigenvalue weighted by Gasteiger charge is 2.08. The summed E-state index contributed by atoms with van der Waals surface area (Å²) in [4.78, 5) is 4.17. The molecule has 0 aromatic carbocycles. The normalized spacial score (nSPS) is 11.4. The summed E-state index contributed by atoms with van der Waals surface area (Å²) >= 11 is 0. The van der Waals surface area contributed by atoms with Crippen molar-refractivity contribution >= 4 is 11.5 Å². The van der Waals surface area contributed by atoms with Gasteiger partial charge in [-0.15, -0.1) is 0 Å². The van der Waals surface area contributed by atoms with Gasteiger partial charge in [0.25, 0.3) is 0 Å². The van der Waals surface area contributed by atoms with E-state index in [2.05, 4.69) is 31.1 Å². The maximum Gasteiger partial charge on any atom is 0.127 e. The zero-order valence-electron chi connectivity index (χ0n) is 9.17. The summed E-state index contributed by atoms with van der Waals surface area (Å²) in [5, 5.41) is 3.25. The predicted molar refractivity (Wildman–Crippen MR) is 61.2 cm³/mol. The average Bonchev–Trinajstić information content (AvgIpc) is 2.01. The van der Waals surface area contributed by atoms with Gasteiger partial charge in [0.2, 0.25) is 0 Å². The van der Waals surface area contributed by atoms with Crippen LogP contribution in [-0.2, 0) is 0 Å². The second-order valence-electron chi connectivity index (χ2n) is 4.71. The minimum absolute atomic E-state index is 0.354. The molecule has 0 atom stereocenters. The van der Waals surface area contributed by atoms with Gasteiger partial charge in [0.15, 0.2) is 0 Å². The molecule has 14 heavy (non-hydrogen) atoms. The number of nitrogens with two attached hydrogens (primary N) is 1. The van der Waals surface area contributed by atoms with E-state index in [0.717, 1.165) is 24.5 Å². The van der Waals surface area contributed by atoms with Crippen LogP contribution in [0.3, 0.4) is 0 Å². The fourth-order valence-corrected chi connectivity index (χ4v) is 1.11. The molecule has 0 bridgehead atoms. The minimum atomic E-state index is 0.354. The molecule has 3 nitrogen and oxygen atoms in total. The standard InChI is InChI=1S/C11H19N3/c1-11(2,3)5-7-14-10-8-9(12)4-6-13-10/h4,6,8H,5,7H2,1-3H3,(H3,12,13,14). The van der Waals surface area contributed by atoms with Crippen molar-refractivity contribution in [3.05, 3.63) is 18.3 Å². The third kappa shape index (κ3) is 4.12. The number of pyridine rings is 1. The lowest BCUT2D eigenvalue weighted by Gasteiger charge is -2.18. The van der Waals surface area contributed by atoms with Crippen molar-refractivity contribution in [3.63, 3.8) is 0 Å². The Morgan fingerprint density at radius 3 is 2.71 bits per heavy atom. The van der Waals surface area contributed by atoms with Crippen LogP contribution in [0.15, 0.2) is 18.3 Å². The number of hydrogen-bond donors (Lipinski definition) is 2. The third-order valence-electron chi connectivity index (χ3n) is 1.97. The molecule has 0 radical (unpaired) electrons. The summed E-state index contributed by atoms with van der Waals surface area (Å²) in [6, 6.07) is 3.64. The van der Waals surface area contributed by atoms with Gasteiger partial charge in [0, 0.05) is 24.5 Å². The molecule has 0 unspecified atom stereocenters. The highest BCUT2D eigenvalue weighted by Crippen LogP contribution is 2.18. The summed E-state index contributed by atoms with van der Waals surface area (Å²) in [5.74, 6) is 0.856. The van der Waals surface area contributed by atoms with E-state index in [0.29, 0.717) is 5.41 Å². The molecular weight excluding hydrogens is 174 g/mol. The quantitative estimate of drug-likeness (QED) is 0.775. The van der Waals surface area contributed by atoms with Crippen LogP contribution in [0.4, 0.5) is 11.5 Å². The third-order valence-corrected chi connectivity index (χ3v) is 1.97. The maximum atomic E-state index is 5.64. The Balaban J connectivity index is 2.39. The number of nitrogens with one attached hydrogen (secondary N) is 1. The molecule has 0 fully saturated rings. The van der Waals surface area contributed by atoms with E-state index >= 15 is 0 Å². The van der Waals surface area contributed by atoms with Crippen LogP contribution < -0.4 is 11.1 Å². The molecule has 1 heterocycles. The summed E-state index contributed by atoms with van der Waals surface area (Å²) in [7, 11) is 0. The Labute approximate surface area is 85.7 Å². The van der Waals surface area contributed by atoms with Gasteiger partial charge in [0.05, 0.1) is 0 Å². The van der Waals surface area contributed by atoms with E-state index in [9.17, 15) is 0 Å². The van der Waals surface area contributed by atoms with Crippen LogP contribution in [0.5, 0.6) is 0 Å². The van der Waals surface area contributed by atoms with Crippen molar-refractivity contribution in [2.75, 3.05) is 17.6 Å². The molecule has 3 N–H and O–H groups in total. The summed E-state index contributed by atoms with van der Waals surface area (Å²) in [5.41, 5.74) is 6.74. The molecule has 0 aliphatic heterocycles. The van der Waals surface area contributed by atoms with Gasteiger partial charge in [-0.25, -0.2) is 4.98 Å². The lowest BCUT2D eigenvalue weighted by Crippen LogP contribution is -2.13. The Morgan fingerprint density at radius 2 is 2.14 bits per heavy atom. The number of anilines is 2. The first kappa shape index (κ1) is 10.8. The van der Waals surface area contributed by atoms with Crippen molar-refractivity contribution in [3.8, 4) is 0 Å². The molecule has 0 aliphatic rings. The molecule has 1 aromatic rings. The van der Waals surface area contributed by atoms with E-state index in [-0.39, 0.29) is 0 Å². The molecule has 1 aromatic heterocycles. The van der Waals surface area contributed by atoms with Gasteiger partial charge in [-0.2, -0.15) is 0 Å². The number of nitrogens with zero attached hydrogens (tertiary/aromatic N) is 1. The number of aromatic nitrogens is 1. The first-order valence-corrected chi connectivity index (χ1v) is 4.93. The van der Waals surface area contributed by atoms with Crippen LogP contribution >= 0.6 is 0 Å². The van der Waals surface area contributed by atoms with E-state index < -0.39 is 0 Å². The van der Waals surface area contributed by atoms with Gasteiger partial charge in [0.1, 0.15) is 5.82 Å². The van der Waals surface area contributed by atoms with E-state index in [1.165, 1.54) is 0 Å². The van der Waals surface area contributed by atoms with Crippen LogP contribution in [-0.4, -0.2) is 11.5 Å². The predicted octanol–water partition coefficient (Wildman–Crippen LogP) is 2.51. The number of nitrogen functional groups attached to an aromatic ring is 1. The summed E-state index contributed by atoms with van der Waals surface area (Å²) in [6.07, 6.45) is 2.83. The molecule has 0 spiro atoms. The monoisotopic (exact) mass is 193 g/mol. The summed E-state index contributed by atoms with van der Waals surface area (Å²) in [6.45, 7) is 7.60. The second kappa shape index (κ2) is 4.31. The van der Waals surface area contributed by atoms with Crippen LogP contribution in [0, 0.1) is 5.41 Å². The fraction of sp³-hybridized carbons (Fsp3) is 0.545. The minimum Gasteiger partial charge on any atom is -0.399 e. The first-order chi connectivity index (χ1) is 6.47. The smallest absolute Gasteiger partial charge is 0.127 e. The van der Waals surface area contributed by atoms with Crippen molar-refractivity contribution < 1.29 is 0 Å². The molecule has 0 saturated carbocycles. The first-order valence-electron chi connectivity index (χ1n) is 4.93. The lowest BCUT2D eigenvalue weighted by atomic mass is 9.92. The SMILES string of the molecule is CC(C)(C)CCNc1cc(N)ccn1. The molecule has 0 aliphatic carbocycles. The molecule has 0 amide bonds. The lowest BCUT2D eigenvalue weighted by molar-refractivity contribution is 0.389. The zero-order valence-corrected chi connectivity index (χ0v) is 9.17. The van der Waals surface area contributed by atoms with Crippen LogP contribution in [0.1, 0.15) is 27.2 Å². The Morgan fingerprint density at radius 1 is 1.43 bits per heavy atom. The Bertz CT molecular complexity index is 289. The van der Waals surface area contributed by atoms with Crippen molar-refractivity contribution in [2.45, 2.75) is 27.2 Å². The highest BCUT2D eigenvalue weighted by atomic mass is 15.0. The topological polar surface area (TPSA) is 50.9 Å². The highest BCUT2D eigenvalue weighted by molar-refractivity contribution is 5.48. The van der Waals surface area contributed by atoms with Gasteiger partial charge in [-0.05, 0) is 17.9 Å². The molecule has 78 valence electrons. The number of rotatable bonds is 3. The van der Waals surface area contributed by atoms with Crippen molar-refractivity contribution in [1.29, 1.82) is 0 Å². The molecule has 3 heteroatoms. The Hall–Kier alpha value is -1.25. The van der Waals surface area contributed by atoms with Gasteiger partial charge in [-0.3, -0.25) is 0 Å². The largest absolute Gasteiger partial charge is 0.399 e. The van der Waals surface area contributed by atoms with Gasteiger partial charge in [-0.1, -0.05) is 20.8 Å². The van der Waals surface area contributed by atoms with Gasteiger partial charge < -0.3 is 11.1 Å². The number of hydrogen-bond acceptors (Lipinski definition) is 3. The van der Waals surface area contributed by atoms with E-state index in [4.69, 9.17) is 5.73 Å². The van der Waals surface area contributed by atoms with Crippen molar-refractivity contribution in [2.24, 2.45) is 5.41 Å². The van der Waals surface area contributed by atoms with Gasteiger partial charge >= 0.3 is 0 Å². The maximum absolute atomic E-state index is 5.64. The zero-order chi connectivity index (χ0) is 10.6. The van der Waals surface area contributed by atoms with E-state index in [1.54, 1.807) is 12.3 Å². The summed E-state index contributed by atoms with van der Waals surface area (Å²) < 4.78 is 0. The van der Waals surface area contributed by atoms with Crippen molar-refractivity contribution in [1.82, 2.24) is 4.98 Å². The fourth-order valence-electron chi connectivity index (χ4n) is 1.11. The van der Waals surface area contributed by atoms with E-state index in [1.807, 2.05) is 6.07 Å². The molecule has 0 saturated heterocycles. The molecule has 1 rings (SSSR count). The average molecular weight is 193 g/mol. The van der Waals surface area contributed by atoms with Crippen LogP contribution in [0.2, 0.25) is 0 Å². The second-order valence-corrected chi connectivity index (χ2v) is 4.71. The molecular formula is C11H19N3. The Kier molecular flexibility index (Phi) is 3.33.